The third-order valence-electron chi connectivity index (χ3n) is 1.82. The van der Waals surface area contributed by atoms with Gasteiger partial charge < -0.3 is 4.74 Å². The molecule has 0 saturated heterocycles. The van der Waals surface area contributed by atoms with Crippen molar-refractivity contribution in [3.05, 3.63) is 23.8 Å². The number of hydrogen-bond donors (Lipinski definition) is 0. The Morgan fingerprint density at radius 3 is 2.22 bits per heavy atom. The van der Waals surface area contributed by atoms with Crippen LogP contribution in [0.1, 0.15) is 26.3 Å². The van der Waals surface area contributed by atoms with Gasteiger partial charge in [0.2, 0.25) is 6.08 Å². The quantitative estimate of drug-likeness (QED) is 0.597. The number of carbonyl (C=O) groups excluding carboxylic acids is 1. The molecule has 0 aromatic heterocycles. The van der Waals surface area contributed by atoms with E-state index in [4.69, 9.17) is 4.74 Å². The number of benzene rings is 1. The molecule has 6 heteroatoms. The number of isocyanates is 1. The third kappa shape index (κ3) is 4.22. The van der Waals surface area contributed by atoms with Crippen molar-refractivity contribution in [3.8, 4) is 5.75 Å². The first-order valence-electron chi connectivity index (χ1n) is 5.11. The van der Waals surface area contributed by atoms with Crippen LogP contribution in [-0.2, 0) is 11.0 Å². The number of hydrogen-bond acceptors (Lipinski definition) is 3. The maximum atomic E-state index is 12.6. The van der Waals surface area contributed by atoms with Crippen LogP contribution in [0.15, 0.2) is 23.2 Å². The lowest BCUT2D eigenvalue weighted by Crippen LogP contribution is -2.23. The van der Waals surface area contributed by atoms with Gasteiger partial charge in [-0.15, -0.1) is 0 Å². The van der Waals surface area contributed by atoms with Crippen molar-refractivity contribution in [2.45, 2.75) is 32.5 Å². The Bertz CT molecular complexity index is 483. The highest BCUT2D eigenvalue weighted by Gasteiger charge is 2.32. The van der Waals surface area contributed by atoms with E-state index < -0.39 is 17.3 Å². The van der Waals surface area contributed by atoms with Crippen LogP contribution in [0, 0.1) is 0 Å². The van der Waals surface area contributed by atoms with Crippen LogP contribution in [0.5, 0.6) is 5.75 Å². The molecule has 0 radical (unpaired) electrons. The maximum Gasteiger partial charge on any atom is 0.416 e. The van der Waals surface area contributed by atoms with Crippen molar-refractivity contribution >= 4 is 11.8 Å². The Labute approximate surface area is 102 Å². The molecule has 0 heterocycles. The fourth-order valence-electron chi connectivity index (χ4n) is 1.28. The van der Waals surface area contributed by atoms with Crippen LogP contribution in [0.4, 0.5) is 18.9 Å². The predicted molar refractivity (Wildman–Crippen MR) is 59.6 cm³/mol. The molecule has 0 aliphatic rings. The van der Waals surface area contributed by atoms with Gasteiger partial charge in [-0.25, -0.2) is 4.79 Å². The summed E-state index contributed by atoms with van der Waals surface area (Å²) in [7, 11) is 0. The zero-order valence-corrected chi connectivity index (χ0v) is 10.1. The van der Waals surface area contributed by atoms with Crippen LogP contribution in [0.2, 0.25) is 0 Å². The number of alkyl halides is 3. The minimum Gasteiger partial charge on any atom is -0.488 e. The van der Waals surface area contributed by atoms with E-state index in [-0.39, 0.29) is 11.4 Å². The van der Waals surface area contributed by atoms with E-state index in [1.54, 1.807) is 20.8 Å². The fourth-order valence-corrected chi connectivity index (χ4v) is 1.28. The van der Waals surface area contributed by atoms with Gasteiger partial charge in [-0.2, -0.15) is 18.2 Å². The zero-order chi connectivity index (χ0) is 14.0. The van der Waals surface area contributed by atoms with E-state index >= 15 is 0 Å². The second-order valence-electron chi connectivity index (χ2n) is 4.63. The van der Waals surface area contributed by atoms with Gasteiger partial charge in [-0.05, 0) is 32.9 Å². The Morgan fingerprint density at radius 1 is 1.17 bits per heavy atom. The van der Waals surface area contributed by atoms with Crippen LogP contribution >= 0.6 is 0 Å². The monoisotopic (exact) mass is 259 g/mol. The van der Waals surface area contributed by atoms with E-state index in [9.17, 15) is 18.0 Å². The molecule has 0 fully saturated rings. The topological polar surface area (TPSA) is 38.7 Å². The van der Waals surface area contributed by atoms with Crippen LogP contribution in [0.3, 0.4) is 0 Å². The van der Waals surface area contributed by atoms with Crippen molar-refractivity contribution in [1.82, 2.24) is 0 Å². The number of ether oxygens (including phenoxy) is 1. The summed E-state index contributed by atoms with van der Waals surface area (Å²) in [6.07, 6.45) is -3.32. The molecule has 1 rings (SSSR count). The number of halogens is 3. The molecular weight excluding hydrogens is 247 g/mol. The first kappa shape index (κ1) is 14.3. The number of nitrogens with zero attached hydrogens (tertiary/aromatic N) is 1. The first-order valence-corrected chi connectivity index (χ1v) is 5.11. The Hall–Kier alpha value is -1.81. The second kappa shape index (κ2) is 4.82. The predicted octanol–water partition coefficient (Wildman–Crippen LogP) is 3.85. The standard InChI is InChI=1S/C12H12F3NO2/c1-11(2,3)18-10-5-8(12(13,14)15)4-9(6-10)16-7-17/h4-6H,1-3H3. The van der Waals surface area contributed by atoms with Crippen molar-refractivity contribution in [2.75, 3.05) is 0 Å². The van der Waals surface area contributed by atoms with E-state index in [1.165, 1.54) is 12.1 Å². The number of aliphatic imine (C=N–C) groups is 1. The maximum absolute atomic E-state index is 12.6. The molecule has 1 aromatic carbocycles. The molecule has 0 amide bonds. The molecule has 0 bridgehead atoms. The molecule has 18 heavy (non-hydrogen) atoms. The summed E-state index contributed by atoms with van der Waals surface area (Å²) in [6.45, 7) is 5.11. The lowest BCUT2D eigenvalue weighted by atomic mass is 10.1. The zero-order valence-electron chi connectivity index (χ0n) is 10.1. The highest BCUT2D eigenvalue weighted by atomic mass is 19.4. The van der Waals surface area contributed by atoms with Crippen molar-refractivity contribution in [1.29, 1.82) is 0 Å². The minimum atomic E-state index is -4.52. The van der Waals surface area contributed by atoms with Crippen molar-refractivity contribution in [3.63, 3.8) is 0 Å². The highest BCUT2D eigenvalue weighted by molar-refractivity contribution is 5.54. The molecule has 1 aromatic rings. The summed E-state index contributed by atoms with van der Waals surface area (Å²) in [6, 6.07) is 2.89. The molecule has 0 N–H and O–H groups in total. The molecule has 0 spiro atoms. The summed E-state index contributed by atoms with van der Waals surface area (Å²) in [5.41, 5.74) is -1.70. The Kier molecular flexibility index (Phi) is 3.82. The van der Waals surface area contributed by atoms with E-state index in [0.717, 1.165) is 12.1 Å². The van der Waals surface area contributed by atoms with E-state index in [1.807, 2.05) is 0 Å². The molecule has 0 unspecified atom stereocenters. The van der Waals surface area contributed by atoms with Gasteiger partial charge in [0.05, 0.1) is 11.3 Å². The van der Waals surface area contributed by atoms with Crippen LogP contribution in [0.25, 0.3) is 0 Å². The molecule has 0 atom stereocenters. The van der Waals surface area contributed by atoms with Gasteiger partial charge in [-0.3, -0.25) is 0 Å². The number of rotatable bonds is 2. The first-order chi connectivity index (χ1) is 8.12. The van der Waals surface area contributed by atoms with E-state index in [2.05, 4.69) is 4.99 Å². The second-order valence-corrected chi connectivity index (χ2v) is 4.63. The van der Waals surface area contributed by atoms with E-state index in [0.29, 0.717) is 0 Å². The molecule has 0 saturated carbocycles. The Morgan fingerprint density at radius 2 is 1.78 bits per heavy atom. The largest absolute Gasteiger partial charge is 0.488 e. The lowest BCUT2D eigenvalue weighted by molar-refractivity contribution is -0.137. The van der Waals surface area contributed by atoms with Gasteiger partial charge in [0.1, 0.15) is 11.4 Å². The van der Waals surface area contributed by atoms with Crippen LogP contribution in [-0.4, -0.2) is 11.7 Å². The highest BCUT2D eigenvalue weighted by Crippen LogP contribution is 2.35. The fraction of sp³-hybridized carbons (Fsp3) is 0.417. The van der Waals surface area contributed by atoms with Crippen molar-refractivity contribution in [2.24, 2.45) is 4.99 Å². The normalized spacial score (nSPS) is 11.9. The molecule has 3 nitrogen and oxygen atoms in total. The third-order valence-corrected chi connectivity index (χ3v) is 1.82. The van der Waals surface area contributed by atoms with Crippen molar-refractivity contribution < 1.29 is 22.7 Å². The average molecular weight is 259 g/mol. The molecular formula is C12H12F3NO2. The summed E-state index contributed by atoms with van der Waals surface area (Å²) in [4.78, 5) is 13.3. The van der Waals surface area contributed by atoms with Gasteiger partial charge >= 0.3 is 6.18 Å². The van der Waals surface area contributed by atoms with Gasteiger partial charge in [0.25, 0.3) is 0 Å². The summed E-state index contributed by atoms with van der Waals surface area (Å²) >= 11 is 0. The molecule has 0 aliphatic heterocycles. The Balaban J connectivity index is 3.27. The van der Waals surface area contributed by atoms with Gasteiger partial charge in [-0.1, -0.05) is 0 Å². The summed E-state index contributed by atoms with van der Waals surface area (Å²) in [5, 5.41) is 0. The summed E-state index contributed by atoms with van der Waals surface area (Å²) in [5.74, 6) is 0.00586. The molecule has 98 valence electrons. The SMILES string of the molecule is CC(C)(C)Oc1cc(N=C=O)cc(C(F)(F)F)c1. The lowest BCUT2D eigenvalue weighted by Gasteiger charge is -2.22. The average Bonchev–Trinajstić information content (AvgIpc) is 2.13. The summed E-state index contributed by atoms with van der Waals surface area (Å²) < 4.78 is 43.2. The van der Waals surface area contributed by atoms with Gasteiger partial charge in [0.15, 0.2) is 0 Å². The minimum absolute atomic E-state index is 0.00586. The smallest absolute Gasteiger partial charge is 0.416 e. The van der Waals surface area contributed by atoms with Gasteiger partial charge in [0, 0.05) is 6.07 Å². The van der Waals surface area contributed by atoms with Crippen LogP contribution < -0.4 is 4.74 Å². The molecule has 0 aliphatic carbocycles.